The molecule has 0 saturated carbocycles. The number of fused-ring (bicyclic) bond motifs is 3. The quantitative estimate of drug-likeness (QED) is 0.371. The Balaban J connectivity index is 1.94. The van der Waals surface area contributed by atoms with Gasteiger partial charge >= 0.3 is 0 Å². The molecular weight excluding hydrogens is 296 g/mol. The van der Waals surface area contributed by atoms with Crippen molar-refractivity contribution in [3.63, 3.8) is 0 Å². The van der Waals surface area contributed by atoms with Gasteiger partial charge in [-0.3, -0.25) is 0 Å². The van der Waals surface area contributed by atoms with Crippen LogP contribution >= 0.6 is 11.3 Å². The van der Waals surface area contributed by atoms with Crippen molar-refractivity contribution in [1.29, 1.82) is 0 Å². The van der Waals surface area contributed by atoms with Crippen LogP contribution in [0.1, 0.15) is 24.0 Å². The Morgan fingerprint density at radius 1 is 0.783 bits per heavy atom. The first-order valence-electron chi connectivity index (χ1n) is 8.42. The molecule has 0 nitrogen and oxygen atoms in total. The van der Waals surface area contributed by atoms with Crippen LogP contribution in [0.3, 0.4) is 0 Å². The Morgan fingerprint density at radius 2 is 1.70 bits per heavy atom. The lowest BCUT2D eigenvalue weighted by atomic mass is 9.84. The first-order chi connectivity index (χ1) is 11.4. The smallest absolute Gasteiger partial charge is 0.0355 e. The largest absolute Gasteiger partial charge is 0.144 e. The van der Waals surface area contributed by atoms with Gasteiger partial charge in [-0.15, -0.1) is 11.3 Å². The average molecular weight is 314 g/mol. The van der Waals surface area contributed by atoms with E-state index in [4.69, 9.17) is 0 Å². The van der Waals surface area contributed by atoms with Crippen molar-refractivity contribution in [3.05, 3.63) is 71.1 Å². The van der Waals surface area contributed by atoms with Crippen LogP contribution in [-0.4, -0.2) is 0 Å². The van der Waals surface area contributed by atoms with Gasteiger partial charge in [-0.25, -0.2) is 0 Å². The van der Waals surface area contributed by atoms with Crippen LogP contribution in [0.4, 0.5) is 0 Å². The van der Waals surface area contributed by atoms with E-state index in [0.29, 0.717) is 0 Å². The second kappa shape index (κ2) is 5.21. The number of rotatable bonds is 1. The third-order valence-corrected chi connectivity index (χ3v) is 6.01. The molecule has 3 aromatic carbocycles. The SMILES string of the molecule is c1cc2c(c(-c3c4ccccc4cc4sccc34)c1)CCCC2. The minimum absolute atomic E-state index is 1.22. The molecule has 4 aromatic rings. The Hall–Kier alpha value is -2.12. The zero-order valence-corrected chi connectivity index (χ0v) is 13.8. The Kier molecular flexibility index (Phi) is 3.02. The van der Waals surface area contributed by atoms with Gasteiger partial charge in [0.2, 0.25) is 0 Å². The maximum absolute atomic E-state index is 2.34. The minimum Gasteiger partial charge on any atom is -0.144 e. The van der Waals surface area contributed by atoms with Gasteiger partial charge in [-0.1, -0.05) is 42.5 Å². The highest BCUT2D eigenvalue weighted by Crippen LogP contribution is 2.41. The van der Waals surface area contributed by atoms with Crippen molar-refractivity contribution in [3.8, 4) is 11.1 Å². The third-order valence-electron chi connectivity index (χ3n) is 5.15. The molecule has 0 spiro atoms. The average Bonchev–Trinajstić information content (AvgIpc) is 3.07. The predicted octanol–water partition coefficient (Wildman–Crippen LogP) is 6.60. The summed E-state index contributed by atoms with van der Waals surface area (Å²) in [4.78, 5) is 0. The van der Waals surface area contributed by atoms with Gasteiger partial charge < -0.3 is 0 Å². The summed E-state index contributed by atoms with van der Waals surface area (Å²) >= 11 is 1.85. The van der Waals surface area contributed by atoms with E-state index in [9.17, 15) is 0 Å². The summed E-state index contributed by atoms with van der Waals surface area (Å²) in [6, 6.07) is 20.4. The fourth-order valence-electron chi connectivity index (χ4n) is 4.08. The summed E-state index contributed by atoms with van der Waals surface area (Å²) in [5.74, 6) is 0. The van der Waals surface area contributed by atoms with Gasteiger partial charge in [0.15, 0.2) is 0 Å². The summed E-state index contributed by atoms with van der Waals surface area (Å²) in [6.45, 7) is 0. The van der Waals surface area contributed by atoms with Crippen molar-refractivity contribution in [1.82, 2.24) is 0 Å². The second-order valence-corrected chi connectivity index (χ2v) is 7.40. The summed E-state index contributed by atoms with van der Waals surface area (Å²) < 4.78 is 1.40. The highest BCUT2D eigenvalue weighted by molar-refractivity contribution is 7.17. The maximum Gasteiger partial charge on any atom is 0.0355 e. The minimum atomic E-state index is 1.22. The molecule has 5 rings (SSSR count). The summed E-state index contributed by atoms with van der Waals surface area (Å²) in [7, 11) is 0. The normalized spacial score (nSPS) is 14.3. The van der Waals surface area contributed by atoms with Gasteiger partial charge in [-0.2, -0.15) is 0 Å². The van der Waals surface area contributed by atoms with Crippen LogP contribution in [0.15, 0.2) is 60.0 Å². The molecule has 0 unspecified atom stereocenters. The van der Waals surface area contributed by atoms with Crippen molar-refractivity contribution in [2.45, 2.75) is 25.7 Å². The van der Waals surface area contributed by atoms with E-state index in [-0.39, 0.29) is 0 Å². The van der Waals surface area contributed by atoms with Gasteiger partial charge in [0.05, 0.1) is 0 Å². The number of aryl methyl sites for hydroxylation is 1. The molecule has 1 heteroatoms. The van der Waals surface area contributed by atoms with Gasteiger partial charge in [0, 0.05) is 10.1 Å². The van der Waals surface area contributed by atoms with E-state index >= 15 is 0 Å². The molecule has 23 heavy (non-hydrogen) atoms. The Labute approximate surface area is 140 Å². The van der Waals surface area contributed by atoms with Crippen molar-refractivity contribution in [2.24, 2.45) is 0 Å². The van der Waals surface area contributed by atoms with Crippen molar-refractivity contribution >= 4 is 32.2 Å². The maximum atomic E-state index is 2.34. The molecule has 0 fully saturated rings. The lowest BCUT2D eigenvalue weighted by Gasteiger charge is -2.21. The van der Waals surface area contributed by atoms with Crippen LogP contribution in [0.5, 0.6) is 0 Å². The van der Waals surface area contributed by atoms with E-state index in [1.54, 1.807) is 11.1 Å². The molecule has 1 aliphatic rings. The lowest BCUT2D eigenvalue weighted by Crippen LogP contribution is -2.04. The number of thiophene rings is 1. The van der Waals surface area contributed by atoms with E-state index in [1.165, 1.54) is 57.7 Å². The predicted molar refractivity (Wildman–Crippen MR) is 101 cm³/mol. The molecule has 0 atom stereocenters. The lowest BCUT2D eigenvalue weighted by molar-refractivity contribution is 0.687. The fourth-order valence-corrected chi connectivity index (χ4v) is 4.92. The number of hydrogen-bond acceptors (Lipinski definition) is 1. The topological polar surface area (TPSA) is 0 Å². The molecule has 1 aliphatic carbocycles. The van der Waals surface area contributed by atoms with Crippen LogP contribution in [0.25, 0.3) is 32.0 Å². The first-order valence-corrected chi connectivity index (χ1v) is 9.30. The highest BCUT2D eigenvalue weighted by Gasteiger charge is 2.17. The van der Waals surface area contributed by atoms with Gasteiger partial charge in [0.1, 0.15) is 0 Å². The highest BCUT2D eigenvalue weighted by atomic mass is 32.1. The van der Waals surface area contributed by atoms with Crippen LogP contribution < -0.4 is 0 Å². The zero-order chi connectivity index (χ0) is 15.2. The monoisotopic (exact) mass is 314 g/mol. The molecular formula is C22H18S. The molecule has 1 aromatic heterocycles. The number of benzene rings is 3. The molecule has 0 aliphatic heterocycles. The van der Waals surface area contributed by atoms with Crippen molar-refractivity contribution < 1.29 is 0 Å². The molecule has 0 saturated heterocycles. The Bertz CT molecular complexity index is 1020. The van der Waals surface area contributed by atoms with E-state index < -0.39 is 0 Å². The third kappa shape index (κ3) is 2.04. The van der Waals surface area contributed by atoms with Crippen LogP contribution in [0.2, 0.25) is 0 Å². The summed E-state index contributed by atoms with van der Waals surface area (Å²) in [5.41, 5.74) is 6.05. The van der Waals surface area contributed by atoms with Gasteiger partial charge in [-0.05, 0) is 76.2 Å². The molecule has 0 N–H and O–H groups in total. The van der Waals surface area contributed by atoms with Gasteiger partial charge in [0.25, 0.3) is 0 Å². The van der Waals surface area contributed by atoms with Crippen LogP contribution in [0, 0.1) is 0 Å². The van der Waals surface area contributed by atoms with E-state index in [1.807, 2.05) is 11.3 Å². The van der Waals surface area contributed by atoms with Crippen LogP contribution in [-0.2, 0) is 12.8 Å². The molecule has 0 bridgehead atoms. The standard InChI is InChI=1S/C22H18S/c1-3-9-17-15(6-1)8-5-11-19(17)22-18-10-4-2-7-16(18)14-21-20(22)12-13-23-21/h2,4-5,7-8,10-14H,1,3,6,9H2. The Morgan fingerprint density at radius 3 is 2.70 bits per heavy atom. The summed E-state index contributed by atoms with van der Waals surface area (Å²) in [5, 5.41) is 6.37. The number of hydrogen-bond donors (Lipinski definition) is 0. The first kappa shape index (κ1) is 13.3. The second-order valence-electron chi connectivity index (χ2n) is 6.46. The molecule has 1 heterocycles. The molecule has 0 amide bonds. The molecule has 0 radical (unpaired) electrons. The zero-order valence-electron chi connectivity index (χ0n) is 13.0. The van der Waals surface area contributed by atoms with E-state index in [2.05, 4.69) is 60.0 Å². The summed E-state index contributed by atoms with van der Waals surface area (Å²) in [6.07, 6.45) is 5.11. The molecule has 112 valence electrons. The van der Waals surface area contributed by atoms with Crippen molar-refractivity contribution in [2.75, 3.05) is 0 Å². The fraction of sp³-hybridized carbons (Fsp3) is 0.182. The van der Waals surface area contributed by atoms with E-state index in [0.717, 1.165) is 0 Å².